The molecule has 2 N–H and O–H groups in total. The zero-order valence-corrected chi connectivity index (χ0v) is 19.9. The van der Waals surface area contributed by atoms with E-state index in [0.29, 0.717) is 26.2 Å². The number of amides is 2. The number of carbonyl (C=O) groups excluding carboxylic acids is 2. The highest BCUT2D eigenvalue weighted by Crippen LogP contribution is 2.16. The van der Waals surface area contributed by atoms with Crippen LogP contribution in [0, 0.1) is 0 Å². The molecule has 162 valence electrons. The minimum absolute atomic E-state index is 0. The smallest absolute Gasteiger partial charge is 0.261 e. The third-order valence-electron chi connectivity index (χ3n) is 4.97. The maximum absolute atomic E-state index is 12.4. The number of rotatable bonds is 6. The summed E-state index contributed by atoms with van der Waals surface area (Å²) in [6, 6.07) is 3.70. The van der Waals surface area contributed by atoms with Crippen molar-refractivity contribution in [3.63, 3.8) is 0 Å². The zero-order chi connectivity index (χ0) is 19.8. The molecular formula is C19H30IN5O3S. The molecule has 10 heteroatoms. The quantitative estimate of drug-likeness (QED) is 0.249. The molecule has 2 saturated heterocycles. The van der Waals surface area contributed by atoms with Gasteiger partial charge in [-0.3, -0.25) is 14.6 Å². The van der Waals surface area contributed by atoms with Crippen molar-refractivity contribution in [1.29, 1.82) is 0 Å². The van der Waals surface area contributed by atoms with Crippen molar-refractivity contribution < 1.29 is 14.3 Å². The molecule has 0 spiro atoms. The van der Waals surface area contributed by atoms with Crippen LogP contribution >= 0.6 is 35.3 Å². The van der Waals surface area contributed by atoms with E-state index in [-0.39, 0.29) is 41.9 Å². The van der Waals surface area contributed by atoms with Gasteiger partial charge < -0.3 is 25.2 Å². The Morgan fingerprint density at radius 3 is 2.55 bits per heavy atom. The summed E-state index contributed by atoms with van der Waals surface area (Å²) >= 11 is 1.44. The molecule has 3 rings (SSSR count). The Balaban J connectivity index is 0.00000300. The Morgan fingerprint density at radius 1 is 1.21 bits per heavy atom. The van der Waals surface area contributed by atoms with E-state index in [2.05, 4.69) is 20.5 Å². The predicted octanol–water partition coefficient (Wildman–Crippen LogP) is 1.38. The Hall–Kier alpha value is -1.40. The van der Waals surface area contributed by atoms with Gasteiger partial charge in [-0.25, -0.2) is 0 Å². The lowest BCUT2D eigenvalue weighted by Crippen LogP contribution is -2.55. The first-order chi connectivity index (χ1) is 13.7. The summed E-state index contributed by atoms with van der Waals surface area (Å²) in [5, 5.41) is 8.17. The van der Waals surface area contributed by atoms with Crippen LogP contribution in [0.4, 0.5) is 0 Å². The van der Waals surface area contributed by atoms with Gasteiger partial charge in [-0.05, 0) is 30.7 Å². The molecule has 3 heterocycles. The number of ether oxygens (including phenoxy) is 1. The highest BCUT2D eigenvalue weighted by atomic mass is 127. The predicted molar refractivity (Wildman–Crippen MR) is 125 cm³/mol. The number of aliphatic imine (C=N–C) groups is 1. The van der Waals surface area contributed by atoms with Crippen molar-refractivity contribution in [1.82, 2.24) is 20.4 Å². The molecule has 0 saturated carbocycles. The van der Waals surface area contributed by atoms with Crippen LogP contribution in [0.2, 0.25) is 0 Å². The van der Waals surface area contributed by atoms with Crippen molar-refractivity contribution in [2.45, 2.75) is 25.4 Å². The average molecular weight is 535 g/mol. The largest absolute Gasteiger partial charge is 0.368 e. The number of carbonyl (C=O) groups is 2. The third-order valence-corrected chi connectivity index (χ3v) is 5.84. The molecule has 2 amide bonds. The number of thiophene rings is 1. The van der Waals surface area contributed by atoms with Gasteiger partial charge in [-0.15, -0.1) is 35.3 Å². The summed E-state index contributed by atoms with van der Waals surface area (Å²) in [4.78, 5) is 33.5. The number of hydrogen-bond donors (Lipinski definition) is 2. The monoisotopic (exact) mass is 535 g/mol. The minimum Gasteiger partial charge on any atom is -0.368 e. The van der Waals surface area contributed by atoms with Gasteiger partial charge in [-0.1, -0.05) is 6.07 Å². The Kier molecular flexibility index (Phi) is 10.2. The number of nitrogens with zero attached hydrogens (tertiary/aromatic N) is 3. The van der Waals surface area contributed by atoms with E-state index < -0.39 is 0 Å². The summed E-state index contributed by atoms with van der Waals surface area (Å²) < 4.78 is 5.51. The standard InChI is InChI=1S/C19H29N5O3S.HI/c1-20-19(22-8-4-7-21-17(25)16-6-3-14-28-16)24-11-9-23(10-12-24)18(26)15-5-2-13-27-15;/h3,6,14-15H,2,4-5,7-13H2,1H3,(H,20,22)(H,21,25);1H. The maximum atomic E-state index is 12.4. The molecule has 0 aliphatic carbocycles. The second-order valence-electron chi connectivity index (χ2n) is 6.87. The van der Waals surface area contributed by atoms with E-state index in [0.717, 1.165) is 49.7 Å². The number of nitrogens with one attached hydrogen (secondary N) is 2. The van der Waals surface area contributed by atoms with Crippen LogP contribution in [0.3, 0.4) is 0 Å². The molecule has 29 heavy (non-hydrogen) atoms. The van der Waals surface area contributed by atoms with E-state index in [1.165, 1.54) is 11.3 Å². The van der Waals surface area contributed by atoms with Gasteiger partial charge in [0.1, 0.15) is 6.10 Å². The lowest BCUT2D eigenvalue weighted by atomic mass is 10.2. The van der Waals surface area contributed by atoms with Crippen LogP contribution in [0.15, 0.2) is 22.5 Å². The van der Waals surface area contributed by atoms with Crippen LogP contribution in [-0.4, -0.2) is 86.6 Å². The summed E-state index contributed by atoms with van der Waals surface area (Å²) in [5.74, 6) is 0.946. The van der Waals surface area contributed by atoms with Crippen LogP contribution in [0.1, 0.15) is 28.9 Å². The van der Waals surface area contributed by atoms with Crippen molar-refractivity contribution in [3.05, 3.63) is 22.4 Å². The molecule has 2 fully saturated rings. The minimum atomic E-state index is -0.242. The maximum Gasteiger partial charge on any atom is 0.261 e. The molecule has 1 aromatic rings. The average Bonchev–Trinajstić information content (AvgIpc) is 3.44. The van der Waals surface area contributed by atoms with Gasteiger partial charge in [-0.2, -0.15) is 0 Å². The molecular weight excluding hydrogens is 505 g/mol. The molecule has 2 aliphatic rings. The van der Waals surface area contributed by atoms with Gasteiger partial charge >= 0.3 is 0 Å². The summed E-state index contributed by atoms with van der Waals surface area (Å²) in [6.07, 6.45) is 2.38. The fourth-order valence-corrected chi connectivity index (χ4v) is 4.07. The molecule has 8 nitrogen and oxygen atoms in total. The van der Waals surface area contributed by atoms with E-state index in [1.807, 2.05) is 22.4 Å². The topological polar surface area (TPSA) is 86.3 Å². The first-order valence-electron chi connectivity index (χ1n) is 9.86. The Morgan fingerprint density at radius 2 is 1.93 bits per heavy atom. The summed E-state index contributed by atoms with van der Waals surface area (Å²) in [6.45, 7) is 4.94. The third kappa shape index (κ3) is 6.82. The van der Waals surface area contributed by atoms with Crippen molar-refractivity contribution in [2.24, 2.45) is 4.99 Å². The number of guanidine groups is 1. The molecule has 0 aromatic carbocycles. The van der Waals surface area contributed by atoms with Crippen LogP contribution in [-0.2, 0) is 9.53 Å². The molecule has 1 atom stereocenters. The number of halogens is 1. The van der Waals surface area contributed by atoms with Crippen LogP contribution < -0.4 is 10.6 Å². The van der Waals surface area contributed by atoms with Gasteiger partial charge in [0.05, 0.1) is 4.88 Å². The lowest BCUT2D eigenvalue weighted by molar-refractivity contribution is -0.142. The van der Waals surface area contributed by atoms with Gasteiger partial charge in [0.2, 0.25) is 0 Å². The zero-order valence-electron chi connectivity index (χ0n) is 16.8. The second-order valence-corrected chi connectivity index (χ2v) is 7.82. The van der Waals surface area contributed by atoms with Crippen molar-refractivity contribution >= 4 is 53.1 Å². The number of piperazine rings is 1. The van der Waals surface area contributed by atoms with Crippen LogP contribution in [0.5, 0.6) is 0 Å². The molecule has 1 aromatic heterocycles. The van der Waals surface area contributed by atoms with Crippen molar-refractivity contribution in [3.8, 4) is 0 Å². The first-order valence-corrected chi connectivity index (χ1v) is 10.7. The van der Waals surface area contributed by atoms with E-state index in [9.17, 15) is 9.59 Å². The second kappa shape index (κ2) is 12.3. The van der Waals surface area contributed by atoms with E-state index >= 15 is 0 Å². The molecule has 0 bridgehead atoms. The highest BCUT2D eigenvalue weighted by molar-refractivity contribution is 14.0. The first kappa shape index (κ1) is 23.9. The number of hydrogen-bond acceptors (Lipinski definition) is 5. The van der Waals surface area contributed by atoms with E-state index in [1.54, 1.807) is 7.05 Å². The SMILES string of the molecule is CN=C(NCCCNC(=O)c1cccs1)N1CCN(C(=O)C2CCCO2)CC1.I. The van der Waals surface area contributed by atoms with Gasteiger partial charge in [0.25, 0.3) is 11.8 Å². The van der Waals surface area contributed by atoms with Crippen LogP contribution in [0.25, 0.3) is 0 Å². The van der Waals surface area contributed by atoms with Crippen molar-refractivity contribution in [2.75, 3.05) is 52.9 Å². The molecule has 0 radical (unpaired) electrons. The Bertz CT molecular complexity index is 671. The lowest BCUT2D eigenvalue weighted by Gasteiger charge is -2.37. The fraction of sp³-hybridized carbons (Fsp3) is 0.632. The van der Waals surface area contributed by atoms with Gasteiger partial charge in [0.15, 0.2) is 5.96 Å². The summed E-state index contributed by atoms with van der Waals surface area (Å²) in [5.41, 5.74) is 0. The highest BCUT2D eigenvalue weighted by Gasteiger charge is 2.30. The molecule has 1 unspecified atom stereocenters. The van der Waals surface area contributed by atoms with E-state index in [4.69, 9.17) is 4.74 Å². The van der Waals surface area contributed by atoms with Gasteiger partial charge in [0, 0.05) is 52.9 Å². The fourth-order valence-electron chi connectivity index (χ4n) is 3.43. The summed E-state index contributed by atoms with van der Waals surface area (Å²) in [7, 11) is 1.77. The normalized spacial score (nSPS) is 19.6. The Labute approximate surface area is 193 Å². The molecule has 2 aliphatic heterocycles.